The lowest BCUT2D eigenvalue weighted by Crippen LogP contribution is -2.13. The predicted octanol–water partition coefficient (Wildman–Crippen LogP) is 4.92. The first kappa shape index (κ1) is 14.7. The molecule has 98 valence electrons. The monoisotopic (exact) mass is 403 g/mol. The minimum absolute atomic E-state index is 0.145. The lowest BCUT2D eigenvalue weighted by Gasteiger charge is -2.10. The van der Waals surface area contributed by atoms with Crippen LogP contribution in [-0.4, -0.2) is 12.2 Å². The molecule has 2 nitrogen and oxygen atoms in total. The summed E-state index contributed by atoms with van der Waals surface area (Å²) in [5.74, 6) is -0.145. The number of halogens is 2. The van der Waals surface area contributed by atoms with Crippen molar-refractivity contribution < 1.29 is 4.79 Å². The van der Waals surface area contributed by atoms with Gasteiger partial charge in [0.25, 0.3) is 5.91 Å². The topological polar surface area (TPSA) is 29.1 Å². The Morgan fingerprint density at radius 3 is 2.74 bits per heavy atom. The number of nitrogens with one attached hydrogen (secondary N) is 1. The summed E-state index contributed by atoms with van der Waals surface area (Å²) in [5, 5.41) is 3.39. The van der Waals surface area contributed by atoms with E-state index < -0.39 is 0 Å². The van der Waals surface area contributed by atoms with Gasteiger partial charge in [-0.15, -0.1) is 11.8 Å². The number of amides is 1. The molecule has 0 fully saturated rings. The summed E-state index contributed by atoms with van der Waals surface area (Å²) < 4.78 is 1.02. The van der Waals surface area contributed by atoms with Gasteiger partial charge in [0.1, 0.15) is 0 Å². The van der Waals surface area contributed by atoms with Gasteiger partial charge in [-0.3, -0.25) is 4.79 Å². The van der Waals surface area contributed by atoms with E-state index in [1.165, 1.54) is 0 Å². The largest absolute Gasteiger partial charge is 0.321 e. The highest BCUT2D eigenvalue weighted by Crippen LogP contribution is 2.26. The van der Waals surface area contributed by atoms with Crippen molar-refractivity contribution in [3.63, 3.8) is 0 Å². The Morgan fingerprint density at radius 2 is 2.00 bits per heavy atom. The zero-order valence-electron chi connectivity index (χ0n) is 10.1. The van der Waals surface area contributed by atoms with Crippen molar-refractivity contribution in [2.75, 3.05) is 11.6 Å². The van der Waals surface area contributed by atoms with Gasteiger partial charge >= 0.3 is 0 Å². The van der Waals surface area contributed by atoms with Crippen LogP contribution in [-0.2, 0) is 0 Å². The zero-order chi connectivity index (χ0) is 13.8. The Labute approximate surface area is 135 Å². The second-order valence-electron chi connectivity index (χ2n) is 3.78. The minimum atomic E-state index is -0.145. The first-order chi connectivity index (χ1) is 9.11. The molecule has 0 atom stereocenters. The van der Waals surface area contributed by atoms with Crippen LogP contribution in [0.1, 0.15) is 10.4 Å². The summed E-state index contributed by atoms with van der Waals surface area (Å²) in [7, 11) is 0. The number of hydrogen-bond donors (Lipinski definition) is 1. The van der Waals surface area contributed by atoms with E-state index in [0.29, 0.717) is 16.3 Å². The van der Waals surface area contributed by atoms with Crippen molar-refractivity contribution in [2.45, 2.75) is 4.90 Å². The lowest BCUT2D eigenvalue weighted by atomic mass is 10.2. The summed E-state index contributed by atoms with van der Waals surface area (Å²) in [6, 6.07) is 13.0. The van der Waals surface area contributed by atoms with Gasteiger partial charge in [-0.2, -0.15) is 0 Å². The van der Waals surface area contributed by atoms with E-state index in [1.54, 1.807) is 17.8 Å². The van der Waals surface area contributed by atoms with E-state index in [9.17, 15) is 4.79 Å². The molecular weight excluding hydrogens is 393 g/mol. The Balaban J connectivity index is 2.28. The van der Waals surface area contributed by atoms with Crippen LogP contribution in [0.4, 0.5) is 5.69 Å². The molecule has 0 bridgehead atoms. The van der Waals surface area contributed by atoms with Gasteiger partial charge in [-0.1, -0.05) is 23.7 Å². The molecule has 0 unspecified atom stereocenters. The van der Waals surface area contributed by atoms with Crippen molar-refractivity contribution in [3.8, 4) is 0 Å². The Morgan fingerprint density at radius 1 is 1.26 bits per heavy atom. The van der Waals surface area contributed by atoms with Crippen LogP contribution in [0.15, 0.2) is 47.4 Å². The van der Waals surface area contributed by atoms with Crippen molar-refractivity contribution in [3.05, 3.63) is 56.6 Å². The molecule has 0 aliphatic heterocycles. The van der Waals surface area contributed by atoms with Gasteiger partial charge < -0.3 is 5.32 Å². The van der Waals surface area contributed by atoms with Crippen molar-refractivity contribution in [1.82, 2.24) is 0 Å². The molecule has 0 heterocycles. The quantitative estimate of drug-likeness (QED) is 0.582. The van der Waals surface area contributed by atoms with E-state index in [0.717, 1.165) is 8.47 Å². The number of thioether (sulfide) groups is 1. The second kappa shape index (κ2) is 6.63. The summed E-state index contributed by atoms with van der Waals surface area (Å²) in [6.07, 6.45) is 1.95. The van der Waals surface area contributed by atoms with E-state index in [1.807, 2.05) is 42.7 Å². The van der Waals surface area contributed by atoms with Crippen LogP contribution < -0.4 is 5.32 Å². The van der Waals surface area contributed by atoms with Crippen LogP contribution in [0.25, 0.3) is 0 Å². The maximum absolute atomic E-state index is 12.3. The van der Waals surface area contributed by atoms with Gasteiger partial charge in [0.2, 0.25) is 0 Å². The molecule has 0 spiro atoms. The highest BCUT2D eigenvalue weighted by molar-refractivity contribution is 14.1. The number of benzene rings is 2. The number of carbonyl (C=O) groups is 1. The van der Waals surface area contributed by atoms with Crippen LogP contribution in [0.3, 0.4) is 0 Å². The van der Waals surface area contributed by atoms with Crippen LogP contribution in [0, 0.1) is 3.57 Å². The summed E-state index contributed by atoms with van der Waals surface area (Å²) >= 11 is 9.81. The van der Waals surface area contributed by atoms with E-state index >= 15 is 0 Å². The van der Waals surface area contributed by atoms with Gasteiger partial charge in [0.05, 0.1) is 16.3 Å². The Bertz CT molecular complexity index is 618. The fraction of sp³-hybridized carbons (Fsp3) is 0.0714. The van der Waals surface area contributed by atoms with Crippen molar-refractivity contribution in [2.24, 2.45) is 0 Å². The Kier molecular flexibility index (Phi) is 5.13. The average molecular weight is 404 g/mol. The molecule has 19 heavy (non-hydrogen) atoms. The van der Waals surface area contributed by atoms with Gasteiger partial charge in [-0.05, 0) is 59.2 Å². The van der Waals surface area contributed by atoms with Crippen LogP contribution in [0.2, 0.25) is 5.02 Å². The smallest absolute Gasteiger partial charge is 0.256 e. The summed E-state index contributed by atoms with van der Waals surface area (Å²) in [4.78, 5) is 13.2. The third kappa shape index (κ3) is 3.64. The average Bonchev–Trinajstić information content (AvgIpc) is 2.42. The fourth-order valence-corrected chi connectivity index (χ4v) is 2.87. The molecule has 0 aliphatic rings. The predicted molar refractivity (Wildman–Crippen MR) is 90.3 cm³/mol. The van der Waals surface area contributed by atoms with Crippen LogP contribution in [0.5, 0.6) is 0 Å². The SMILES string of the molecule is CSc1ccccc1C(=O)Nc1cc(I)ccc1Cl. The first-order valence-corrected chi connectivity index (χ1v) is 8.19. The summed E-state index contributed by atoms with van der Waals surface area (Å²) in [6.45, 7) is 0. The molecule has 0 radical (unpaired) electrons. The molecule has 0 aromatic heterocycles. The molecule has 0 aliphatic carbocycles. The van der Waals surface area contributed by atoms with Gasteiger partial charge in [-0.25, -0.2) is 0 Å². The Hall–Kier alpha value is -0.720. The highest BCUT2D eigenvalue weighted by atomic mass is 127. The molecule has 2 aromatic rings. The van der Waals surface area contributed by atoms with Gasteiger partial charge in [0, 0.05) is 8.47 Å². The van der Waals surface area contributed by atoms with E-state index in [2.05, 4.69) is 27.9 Å². The minimum Gasteiger partial charge on any atom is -0.321 e. The molecule has 5 heteroatoms. The molecule has 2 rings (SSSR count). The summed E-state index contributed by atoms with van der Waals surface area (Å²) in [5.41, 5.74) is 1.29. The maximum atomic E-state index is 12.3. The lowest BCUT2D eigenvalue weighted by molar-refractivity contribution is 0.102. The molecule has 1 amide bonds. The normalized spacial score (nSPS) is 10.3. The molecular formula is C14H11ClINOS. The number of hydrogen-bond acceptors (Lipinski definition) is 2. The third-order valence-corrected chi connectivity index (χ3v) is 4.32. The molecule has 2 aromatic carbocycles. The second-order valence-corrected chi connectivity index (χ2v) is 6.28. The van der Waals surface area contributed by atoms with Crippen molar-refractivity contribution in [1.29, 1.82) is 0 Å². The number of rotatable bonds is 3. The van der Waals surface area contributed by atoms with Crippen LogP contribution >= 0.6 is 46.0 Å². The zero-order valence-corrected chi connectivity index (χ0v) is 13.8. The fourth-order valence-electron chi connectivity index (χ4n) is 1.62. The van der Waals surface area contributed by atoms with E-state index in [4.69, 9.17) is 11.6 Å². The molecule has 0 saturated heterocycles. The molecule has 0 saturated carbocycles. The first-order valence-electron chi connectivity index (χ1n) is 5.51. The third-order valence-electron chi connectivity index (χ3n) is 2.53. The molecule has 1 N–H and O–H groups in total. The highest BCUT2D eigenvalue weighted by Gasteiger charge is 2.12. The standard InChI is InChI=1S/C14H11ClINOS/c1-19-13-5-3-2-4-10(13)14(18)17-12-8-9(16)6-7-11(12)15/h2-8H,1H3,(H,17,18). The van der Waals surface area contributed by atoms with Crippen molar-refractivity contribution >= 4 is 57.5 Å². The number of anilines is 1. The van der Waals surface area contributed by atoms with E-state index in [-0.39, 0.29) is 5.91 Å². The van der Waals surface area contributed by atoms with Gasteiger partial charge in [0.15, 0.2) is 0 Å². The maximum Gasteiger partial charge on any atom is 0.256 e. The number of carbonyl (C=O) groups excluding carboxylic acids is 1.